The van der Waals surface area contributed by atoms with E-state index in [1.807, 2.05) is 42.5 Å². The molecule has 3 N–H and O–H groups in total. The van der Waals surface area contributed by atoms with Crippen LogP contribution >= 0.6 is 11.6 Å². The molecular formula is C27H30ClN7O. The van der Waals surface area contributed by atoms with E-state index in [9.17, 15) is 4.79 Å². The summed E-state index contributed by atoms with van der Waals surface area (Å²) in [4.78, 5) is 19.7. The molecule has 0 bridgehead atoms. The van der Waals surface area contributed by atoms with Crippen LogP contribution in [0.1, 0.15) is 26.2 Å². The molecule has 0 saturated carbocycles. The number of halogens is 1. The van der Waals surface area contributed by atoms with Crippen LogP contribution in [0.5, 0.6) is 0 Å². The van der Waals surface area contributed by atoms with Crippen molar-refractivity contribution in [1.82, 2.24) is 19.9 Å². The number of aromatic nitrogens is 3. The molecule has 186 valence electrons. The number of amides is 2. The summed E-state index contributed by atoms with van der Waals surface area (Å²) in [6, 6.07) is 15.7. The van der Waals surface area contributed by atoms with E-state index in [1.165, 1.54) is 0 Å². The van der Waals surface area contributed by atoms with Crippen LogP contribution in [0.25, 0.3) is 16.8 Å². The fraction of sp³-hybridized carbons (Fsp3) is 0.296. The van der Waals surface area contributed by atoms with E-state index >= 15 is 0 Å². The second kappa shape index (κ2) is 11.0. The average Bonchev–Trinajstić information content (AvgIpc) is 3.32. The van der Waals surface area contributed by atoms with E-state index in [4.69, 9.17) is 11.6 Å². The van der Waals surface area contributed by atoms with Crippen LogP contribution in [-0.4, -0.2) is 46.3 Å². The first kappa shape index (κ1) is 24.1. The summed E-state index contributed by atoms with van der Waals surface area (Å²) in [5.41, 5.74) is 4.94. The molecule has 0 radical (unpaired) electrons. The van der Waals surface area contributed by atoms with E-state index in [0.717, 1.165) is 61.4 Å². The summed E-state index contributed by atoms with van der Waals surface area (Å²) < 4.78 is 1.66. The van der Waals surface area contributed by atoms with Crippen molar-refractivity contribution in [2.45, 2.75) is 32.2 Å². The van der Waals surface area contributed by atoms with Gasteiger partial charge in [-0.25, -0.2) is 14.3 Å². The van der Waals surface area contributed by atoms with Crippen molar-refractivity contribution in [2.75, 3.05) is 35.2 Å². The van der Waals surface area contributed by atoms with Gasteiger partial charge in [0, 0.05) is 29.7 Å². The molecule has 9 heteroatoms. The molecule has 3 heterocycles. The van der Waals surface area contributed by atoms with Gasteiger partial charge in [0.05, 0.1) is 35.7 Å². The number of piperidine rings is 1. The Bertz CT molecular complexity index is 1330. The third-order valence-electron chi connectivity index (χ3n) is 6.44. The summed E-state index contributed by atoms with van der Waals surface area (Å²) in [5, 5.41) is 14.6. The molecule has 0 spiro atoms. The number of rotatable bonds is 7. The SMILES string of the molecule is CCCNC1CCN(c2ccccc2NC(=O)Nc2cnc3c(-c4ccc(Cl)cc4)cnn3c2)CC1. The molecule has 0 unspecified atom stereocenters. The highest BCUT2D eigenvalue weighted by atomic mass is 35.5. The van der Waals surface area contributed by atoms with Crippen molar-refractivity contribution in [3.8, 4) is 11.1 Å². The maximum Gasteiger partial charge on any atom is 0.323 e. The molecular weight excluding hydrogens is 474 g/mol. The maximum atomic E-state index is 12.9. The second-order valence-corrected chi connectivity index (χ2v) is 9.42. The van der Waals surface area contributed by atoms with Crippen molar-refractivity contribution >= 4 is 40.3 Å². The number of carbonyl (C=O) groups excluding carboxylic acids is 1. The van der Waals surface area contributed by atoms with Crippen LogP contribution < -0.4 is 20.9 Å². The minimum atomic E-state index is -0.326. The first-order valence-electron chi connectivity index (χ1n) is 12.4. The first-order chi connectivity index (χ1) is 17.6. The number of urea groups is 1. The lowest BCUT2D eigenvalue weighted by Gasteiger charge is -2.35. The molecule has 1 saturated heterocycles. The quantitative estimate of drug-likeness (QED) is 0.303. The van der Waals surface area contributed by atoms with Crippen LogP contribution in [0, 0.1) is 0 Å². The Kier molecular flexibility index (Phi) is 7.34. The van der Waals surface area contributed by atoms with E-state index < -0.39 is 0 Å². The van der Waals surface area contributed by atoms with Gasteiger partial charge < -0.3 is 20.9 Å². The molecule has 4 aromatic rings. The molecule has 1 aliphatic heterocycles. The zero-order valence-electron chi connectivity index (χ0n) is 20.2. The number of fused-ring (bicyclic) bond motifs is 1. The number of nitrogens with zero attached hydrogens (tertiary/aromatic N) is 4. The smallest absolute Gasteiger partial charge is 0.323 e. The summed E-state index contributed by atoms with van der Waals surface area (Å²) in [6.45, 7) is 5.16. The first-order valence-corrected chi connectivity index (χ1v) is 12.7. The minimum Gasteiger partial charge on any atom is -0.370 e. The predicted octanol–water partition coefficient (Wildman–Crippen LogP) is 5.66. The van der Waals surface area contributed by atoms with Gasteiger partial charge in [0.2, 0.25) is 0 Å². The molecule has 2 aromatic heterocycles. The van der Waals surface area contributed by atoms with Crippen LogP contribution in [-0.2, 0) is 0 Å². The Hall–Kier alpha value is -3.62. The van der Waals surface area contributed by atoms with Crippen molar-refractivity contribution in [1.29, 1.82) is 0 Å². The Morgan fingerprint density at radius 2 is 1.83 bits per heavy atom. The molecule has 36 heavy (non-hydrogen) atoms. The van der Waals surface area contributed by atoms with Gasteiger partial charge >= 0.3 is 6.03 Å². The Labute approximate surface area is 215 Å². The number of anilines is 3. The lowest BCUT2D eigenvalue weighted by molar-refractivity contribution is 0.262. The summed E-state index contributed by atoms with van der Waals surface area (Å²) in [7, 11) is 0. The maximum absolute atomic E-state index is 12.9. The molecule has 2 aromatic carbocycles. The number of hydrogen-bond acceptors (Lipinski definition) is 5. The molecule has 8 nitrogen and oxygen atoms in total. The number of nitrogens with one attached hydrogen (secondary N) is 3. The predicted molar refractivity (Wildman–Crippen MR) is 146 cm³/mol. The number of benzene rings is 2. The normalized spacial score (nSPS) is 14.2. The highest BCUT2D eigenvalue weighted by Gasteiger charge is 2.21. The lowest BCUT2D eigenvalue weighted by atomic mass is 10.0. The molecule has 5 rings (SSSR count). The Balaban J connectivity index is 1.25. The summed E-state index contributed by atoms with van der Waals surface area (Å²) in [5.74, 6) is 0. The monoisotopic (exact) mass is 503 g/mol. The summed E-state index contributed by atoms with van der Waals surface area (Å²) >= 11 is 6.01. The van der Waals surface area contributed by atoms with Crippen LogP contribution in [0.2, 0.25) is 5.02 Å². The highest BCUT2D eigenvalue weighted by molar-refractivity contribution is 6.30. The van der Waals surface area contributed by atoms with Gasteiger partial charge in [0.15, 0.2) is 5.65 Å². The van der Waals surface area contributed by atoms with Crippen molar-refractivity contribution < 1.29 is 4.79 Å². The zero-order valence-corrected chi connectivity index (χ0v) is 21.0. The van der Waals surface area contributed by atoms with Gasteiger partial charge in [-0.3, -0.25) is 0 Å². The van der Waals surface area contributed by atoms with Gasteiger partial charge in [-0.2, -0.15) is 5.10 Å². The fourth-order valence-electron chi connectivity index (χ4n) is 4.59. The van der Waals surface area contributed by atoms with Crippen molar-refractivity contribution in [3.63, 3.8) is 0 Å². The van der Waals surface area contributed by atoms with Crippen LogP contribution in [0.3, 0.4) is 0 Å². The molecule has 0 aliphatic carbocycles. The third-order valence-corrected chi connectivity index (χ3v) is 6.69. The van der Waals surface area contributed by atoms with E-state index in [2.05, 4.69) is 43.9 Å². The van der Waals surface area contributed by atoms with E-state index in [-0.39, 0.29) is 6.03 Å². The molecule has 0 atom stereocenters. The molecule has 2 amide bonds. The van der Waals surface area contributed by atoms with Crippen molar-refractivity contribution in [2.24, 2.45) is 0 Å². The summed E-state index contributed by atoms with van der Waals surface area (Å²) in [6.07, 6.45) is 8.47. The Morgan fingerprint density at radius 1 is 1.06 bits per heavy atom. The van der Waals surface area contributed by atoms with Gasteiger partial charge in [-0.15, -0.1) is 0 Å². The molecule has 1 fully saturated rings. The van der Waals surface area contributed by atoms with Gasteiger partial charge in [-0.05, 0) is 55.6 Å². The van der Waals surface area contributed by atoms with Crippen molar-refractivity contribution in [3.05, 3.63) is 72.1 Å². The number of carbonyl (C=O) groups is 1. The lowest BCUT2D eigenvalue weighted by Crippen LogP contribution is -2.43. The van der Waals surface area contributed by atoms with E-state index in [1.54, 1.807) is 23.1 Å². The van der Waals surface area contributed by atoms with Gasteiger partial charge in [-0.1, -0.05) is 42.8 Å². The second-order valence-electron chi connectivity index (χ2n) is 8.99. The average molecular weight is 504 g/mol. The fourth-order valence-corrected chi connectivity index (χ4v) is 4.71. The Morgan fingerprint density at radius 3 is 2.61 bits per heavy atom. The number of para-hydroxylation sites is 2. The number of hydrogen-bond donors (Lipinski definition) is 3. The standard InChI is InChI=1S/C27H30ClN7O/c1-2-13-29-21-11-14-34(15-12-21)25-6-4-3-5-24(25)33-27(36)32-22-16-30-26-23(17-31-35(26)18-22)19-7-9-20(28)10-8-19/h3-10,16-18,21,29H,2,11-15H2,1H3,(H2,32,33,36). The topological polar surface area (TPSA) is 86.6 Å². The zero-order chi connectivity index (χ0) is 24.9. The highest BCUT2D eigenvalue weighted by Crippen LogP contribution is 2.29. The largest absolute Gasteiger partial charge is 0.370 e. The molecule has 1 aliphatic rings. The van der Waals surface area contributed by atoms with Crippen LogP contribution in [0.15, 0.2) is 67.1 Å². The third kappa shape index (κ3) is 5.45. The van der Waals surface area contributed by atoms with Gasteiger partial charge in [0.1, 0.15) is 0 Å². The van der Waals surface area contributed by atoms with Crippen LogP contribution in [0.4, 0.5) is 21.9 Å². The minimum absolute atomic E-state index is 0.326. The van der Waals surface area contributed by atoms with E-state index in [0.29, 0.717) is 22.4 Å². The van der Waals surface area contributed by atoms with Gasteiger partial charge in [0.25, 0.3) is 0 Å².